The summed E-state index contributed by atoms with van der Waals surface area (Å²) < 4.78 is 7.50. The van der Waals surface area contributed by atoms with E-state index in [0.717, 1.165) is 36.5 Å². The molecule has 1 aromatic heterocycles. The molecule has 0 radical (unpaired) electrons. The highest BCUT2D eigenvalue weighted by Gasteiger charge is 2.25. The highest BCUT2D eigenvalue weighted by Crippen LogP contribution is 2.35. The molecule has 0 saturated carbocycles. The van der Waals surface area contributed by atoms with Gasteiger partial charge in [-0.05, 0) is 19.2 Å². The van der Waals surface area contributed by atoms with E-state index in [-0.39, 0.29) is 0 Å². The Labute approximate surface area is 130 Å². The van der Waals surface area contributed by atoms with Crippen LogP contribution in [0.5, 0.6) is 5.75 Å². The summed E-state index contributed by atoms with van der Waals surface area (Å²) in [7, 11) is 3.81. The number of rotatable bonds is 4. The monoisotopic (exact) mass is 296 g/mol. The van der Waals surface area contributed by atoms with Gasteiger partial charge in [0.05, 0.1) is 26.1 Å². The fourth-order valence-electron chi connectivity index (χ4n) is 3.02. The molecule has 0 saturated heterocycles. The molecule has 0 fully saturated rings. The van der Waals surface area contributed by atoms with Gasteiger partial charge < -0.3 is 9.64 Å². The topological polar surface area (TPSA) is 54.1 Å². The molecule has 5 nitrogen and oxygen atoms in total. The van der Waals surface area contributed by atoms with E-state index in [0.29, 0.717) is 13.0 Å². The number of likely N-dealkylation sites (N-methyl/N-ethyl adjacent to an activating group) is 1. The standard InChI is InChI=1S/C17H20N4O/c1-20-11-8-15-14(12-20)17(19-21(15)10-5-9-18)13-6-3-4-7-16(13)22-2/h3-4,6-7H,5,8,10-12H2,1-2H3. The molecule has 0 aliphatic carbocycles. The van der Waals surface area contributed by atoms with Gasteiger partial charge in [0.1, 0.15) is 11.4 Å². The minimum atomic E-state index is 0.481. The van der Waals surface area contributed by atoms with Crippen molar-refractivity contribution in [2.75, 3.05) is 20.7 Å². The van der Waals surface area contributed by atoms with Gasteiger partial charge in [-0.25, -0.2) is 0 Å². The van der Waals surface area contributed by atoms with Crippen LogP contribution in [0.25, 0.3) is 11.3 Å². The Morgan fingerprint density at radius 1 is 1.36 bits per heavy atom. The van der Waals surface area contributed by atoms with E-state index >= 15 is 0 Å². The third-order valence-electron chi connectivity index (χ3n) is 4.12. The van der Waals surface area contributed by atoms with E-state index in [1.807, 2.05) is 28.9 Å². The minimum absolute atomic E-state index is 0.481. The number of aryl methyl sites for hydroxylation is 1. The second kappa shape index (κ2) is 6.20. The molecule has 1 aliphatic heterocycles. The van der Waals surface area contributed by atoms with E-state index in [9.17, 15) is 0 Å². The summed E-state index contributed by atoms with van der Waals surface area (Å²) in [4.78, 5) is 2.30. The summed E-state index contributed by atoms with van der Waals surface area (Å²) in [6, 6.07) is 10.2. The Hall–Kier alpha value is -2.32. The van der Waals surface area contributed by atoms with Crippen LogP contribution in [0.15, 0.2) is 24.3 Å². The first-order valence-electron chi connectivity index (χ1n) is 7.52. The van der Waals surface area contributed by atoms with Crippen LogP contribution in [0.4, 0.5) is 0 Å². The quantitative estimate of drug-likeness (QED) is 0.869. The van der Waals surface area contributed by atoms with Crippen molar-refractivity contribution < 1.29 is 4.74 Å². The van der Waals surface area contributed by atoms with Crippen LogP contribution in [0.1, 0.15) is 17.7 Å². The lowest BCUT2D eigenvalue weighted by Crippen LogP contribution is -2.27. The molecule has 0 atom stereocenters. The average molecular weight is 296 g/mol. The van der Waals surface area contributed by atoms with Crippen molar-refractivity contribution in [3.05, 3.63) is 35.5 Å². The number of fused-ring (bicyclic) bond motifs is 1. The van der Waals surface area contributed by atoms with E-state index in [1.165, 1.54) is 11.3 Å². The van der Waals surface area contributed by atoms with E-state index in [1.54, 1.807) is 7.11 Å². The number of para-hydroxylation sites is 1. The number of aromatic nitrogens is 2. The number of methoxy groups -OCH3 is 1. The van der Waals surface area contributed by atoms with Gasteiger partial charge in [0.2, 0.25) is 0 Å². The lowest BCUT2D eigenvalue weighted by Gasteiger charge is -2.23. The van der Waals surface area contributed by atoms with Gasteiger partial charge >= 0.3 is 0 Å². The Kier molecular flexibility index (Phi) is 4.12. The minimum Gasteiger partial charge on any atom is -0.496 e. The second-order valence-electron chi connectivity index (χ2n) is 5.59. The summed E-state index contributed by atoms with van der Waals surface area (Å²) in [5.41, 5.74) is 4.52. The lowest BCUT2D eigenvalue weighted by atomic mass is 10.0. The molecule has 0 spiro atoms. The van der Waals surface area contributed by atoms with Crippen molar-refractivity contribution in [1.82, 2.24) is 14.7 Å². The fourth-order valence-corrected chi connectivity index (χ4v) is 3.02. The summed E-state index contributed by atoms with van der Waals surface area (Å²) in [6.45, 7) is 2.56. The van der Waals surface area contributed by atoms with E-state index in [2.05, 4.69) is 18.0 Å². The molecule has 114 valence electrons. The Morgan fingerprint density at radius 2 is 2.18 bits per heavy atom. The summed E-state index contributed by atoms with van der Waals surface area (Å²) in [6.07, 6.45) is 1.45. The van der Waals surface area contributed by atoms with Gasteiger partial charge in [0, 0.05) is 36.3 Å². The van der Waals surface area contributed by atoms with Crippen molar-refractivity contribution >= 4 is 0 Å². The number of nitriles is 1. The van der Waals surface area contributed by atoms with Crippen LogP contribution in [-0.4, -0.2) is 35.4 Å². The molecule has 0 amide bonds. The van der Waals surface area contributed by atoms with Crippen molar-refractivity contribution in [2.24, 2.45) is 0 Å². The van der Waals surface area contributed by atoms with Gasteiger partial charge in [-0.1, -0.05) is 12.1 Å². The third-order valence-corrected chi connectivity index (χ3v) is 4.12. The van der Waals surface area contributed by atoms with Crippen LogP contribution in [0.2, 0.25) is 0 Å². The number of ether oxygens (including phenoxy) is 1. The van der Waals surface area contributed by atoms with Gasteiger partial charge in [-0.3, -0.25) is 4.68 Å². The normalized spacial score (nSPS) is 14.4. The van der Waals surface area contributed by atoms with Crippen LogP contribution < -0.4 is 4.74 Å². The molecule has 1 aromatic carbocycles. The van der Waals surface area contributed by atoms with Crippen molar-refractivity contribution in [3.63, 3.8) is 0 Å². The molecule has 2 heterocycles. The molecular formula is C17H20N4O. The maximum atomic E-state index is 8.86. The van der Waals surface area contributed by atoms with Crippen molar-refractivity contribution in [3.8, 4) is 23.1 Å². The number of nitrogens with zero attached hydrogens (tertiary/aromatic N) is 4. The number of hydrogen-bond donors (Lipinski definition) is 0. The predicted molar refractivity (Wildman–Crippen MR) is 84.5 cm³/mol. The van der Waals surface area contributed by atoms with Gasteiger partial charge in [0.25, 0.3) is 0 Å². The lowest BCUT2D eigenvalue weighted by molar-refractivity contribution is 0.307. The van der Waals surface area contributed by atoms with Crippen LogP contribution in [-0.2, 0) is 19.5 Å². The highest BCUT2D eigenvalue weighted by molar-refractivity contribution is 5.71. The number of benzene rings is 1. The first kappa shape index (κ1) is 14.6. The first-order valence-corrected chi connectivity index (χ1v) is 7.52. The smallest absolute Gasteiger partial charge is 0.128 e. The van der Waals surface area contributed by atoms with E-state index in [4.69, 9.17) is 15.1 Å². The zero-order valence-electron chi connectivity index (χ0n) is 13.0. The largest absolute Gasteiger partial charge is 0.496 e. The van der Waals surface area contributed by atoms with Crippen LogP contribution in [0, 0.1) is 11.3 Å². The van der Waals surface area contributed by atoms with Gasteiger partial charge in [-0.2, -0.15) is 10.4 Å². The van der Waals surface area contributed by atoms with Gasteiger partial charge in [0.15, 0.2) is 0 Å². The molecule has 5 heteroatoms. The Morgan fingerprint density at radius 3 is 2.95 bits per heavy atom. The van der Waals surface area contributed by atoms with Crippen molar-refractivity contribution in [2.45, 2.75) is 25.9 Å². The number of hydrogen-bond acceptors (Lipinski definition) is 4. The molecule has 0 bridgehead atoms. The average Bonchev–Trinajstić information content (AvgIpc) is 2.90. The van der Waals surface area contributed by atoms with Crippen LogP contribution in [0.3, 0.4) is 0 Å². The molecule has 1 aliphatic rings. The Balaban J connectivity index is 2.11. The zero-order valence-corrected chi connectivity index (χ0v) is 13.0. The molecule has 22 heavy (non-hydrogen) atoms. The maximum Gasteiger partial charge on any atom is 0.128 e. The maximum absolute atomic E-state index is 8.86. The molecule has 0 unspecified atom stereocenters. The van der Waals surface area contributed by atoms with Crippen molar-refractivity contribution in [1.29, 1.82) is 5.26 Å². The summed E-state index contributed by atoms with van der Waals surface area (Å²) in [5.74, 6) is 0.837. The second-order valence-corrected chi connectivity index (χ2v) is 5.59. The van der Waals surface area contributed by atoms with Gasteiger partial charge in [-0.15, -0.1) is 0 Å². The fraction of sp³-hybridized carbons (Fsp3) is 0.412. The SMILES string of the molecule is COc1ccccc1-c1nn(CCC#N)c2c1CN(C)CC2. The Bertz CT molecular complexity index is 714. The van der Waals surface area contributed by atoms with E-state index < -0.39 is 0 Å². The summed E-state index contributed by atoms with van der Waals surface area (Å²) in [5, 5.41) is 13.7. The first-order chi connectivity index (χ1) is 10.7. The summed E-state index contributed by atoms with van der Waals surface area (Å²) >= 11 is 0. The van der Waals surface area contributed by atoms with Crippen LogP contribution >= 0.6 is 0 Å². The molecule has 3 rings (SSSR count). The molecule has 0 N–H and O–H groups in total. The molecular weight excluding hydrogens is 276 g/mol. The predicted octanol–water partition coefficient (Wildman–Crippen LogP) is 2.46. The third kappa shape index (κ3) is 2.58. The molecule has 2 aromatic rings. The highest BCUT2D eigenvalue weighted by atomic mass is 16.5. The zero-order chi connectivity index (χ0) is 15.5.